The Labute approximate surface area is 428 Å². The molecule has 6 atom stereocenters. The Morgan fingerprint density at radius 3 is 1.37 bits per heavy atom. The van der Waals surface area contributed by atoms with Crippen molar-refractivity contribution in [3.63, 3.8) is 0 Å². The van der Waals surface area contributed by atoms with Crippen LogP contribution in [0.2, 0.25) is 0 Å². The lowest BCUT2D eigenvalue weighted by Crippen LogP contribution is -2.60. The van der Waals surface area contributed by atoms with Crippen molar-refractivity contribution in [2.45, 2.75) is 295 Å². The van der Waals surface area contributed by atoms with E-state index in [9.17, 15) is 33.1 Å². The SMILES string of the molecule is CCCCCCC/C=C\C/C=C\CCCCCCCCCCCCCCCCOCC(COC1OC(CO)C(O)C(OS(=O)(=O)O)C1O)OC(=O)CCCCCCCCC/C=C\CCCCCCCC. The first-order chi connectivity index (χ1) is 34.1. The maximum atomic E-state index is 12.9. The molecule has 0 saturated carbocycles. The summed E-state index contributed by atoms with van der Waals surface area (Å²) < 4.78 is 59.4. The zero-order valence-electron chi connectivity index (χ0n) is 44.6. The summed E-state index contributed by atoms with van der Waals surface area (Å²) in [7, 11) is -5.07. The van der Waals surface area contributed by atoms with E-state index in [-0.39, 0.29) is 19.6 Å². The molecule has 0 spiro atoms. The molecule has 0 aliphatic carbocycles. The van der Waals surface area contributed by atoms with E-state index in [4.69, 9.17) is 18.9 Å². The first kappa shape index (κ1) is 66.3. The maximum absolute atomic E-state index is 12.9. The summed E-state index contributed by atoms with van der Waals surface area (Å²) in [6, 6.07) is 0. The summed E-state index contributed by atoms with van der Waals surface area (Å²) in [5.74, 6) is -0.400. The Balaban J connectivity index is 2.27. The minimum atomic E-state index is -5.07. The molecule has 1 aliphatic rings. The minimum Gasteiger partial charge on any atom is -0.457 e. The van der Waals surface area contributed by atoms with Gasteiger partial charge in [-0.05, 0) is 70.6 Å². The van der Waals surface area contributed by atoms with Crippen LogP contribution in [-0.4, -0.2) is 97.5 Å². The molecule has 6 unspecified atom stereocenters. The molecular formula is C57H106O12S. The van der Waals surface area contributed by atoms with Crippen LogP contribution in [0.4, 0.5) is 0 Å². The molecule has 1 heterocycles. The van der Waals surface area contributed by atoms with Crippen molar-refractivity contribution in [3.8, 4) is 0 Å². The molecule has 1 rings (SSSR count). The molecule has 13 heteroatoms. The van der Waals surface area contributed by atoms with Crippen molar-refractivity contribution < 1.29 is 56.2 Å². The quantitative estimate of drug-likeness (QED) is 0.0196. The van der Waals surface area contributed by atoms with E-state index < -0.39 is 59.8 Å². The van der Waals surface area contributed by atoms with Gasteiger partial charge >= 0.3 is 16.4 Å². The summed E-state index contributed by atoms with van der Waals surface area (Å²) in [6.07, 6.45) is 50.4. The van der Waals surface area contributed by atoms with Crippen LogP contribution in [0, 0.1) is 0 Å². The molecule has 0 radical (unpaired) electrons. The molecule has 1 fully saturated rings. The predicted octanol–water partition coefficient (Wildman–Crippen LogP) is 14.1. The Bertz CT molecular complexity index is 1360. The fourth-order valence-corrected chi connectivity index (χ4v) is 9.39. The Kier molecular flexibility index (Phi) is 45.7. The third-order valence-electron chi connectivity index (χ3n) is 13.2. The van der Waals surface area contributed by atoms with Gasteiger partial charge in [-0.15, -0.1) is 0 Å². The second-order valence-electron chi connectivity index (χ2n) is 19.9. The van der Waals surface area contributed by atoms with Gasteiger partial charge in [0.15, 0.2) is 6.29 Å². The Hall–Kier alpha value is -1.68. The molecule has 0 aromatic carbocycles. The fourth-order valence-electron chi connectivity index (χ4n) is 8.88. The van der Waals surface area contributed by atoms with E-state index in [0.717, 1.165) is 51.4 Å². The molecule has 1 saturated heterocycles. The van der Waals surface area contributed by atoms with Gasteiger partial charge in [0.25, 0.3) is 0 Å². The largest absolute Gasteiger partial charge is 0.457 e. The standard InChI is InChI=1S/C57H106O12S/c1-3-5-7-9-11-13-15-17-19-21-22-23-24-25-26-27-28-29-31-33-35-37-39-41-43-45-47-65-49-51(50-66-57-55(61)56(69-70(62,63)64)54(60)52(48-58)68-57)67-53(59)46-44-42-40-38-36-34-32-30-20-18-16-14-12-10-8-6-4-2/h15,17-18,20-22,51-52,54-58,60-61H,3-14,16,19,23-50H2,1-2H3,(H,62,63,64)/b17-15-,20-18-,22-21-. The number of aliphatic hydroxyl groups excluding tert-OH is 3. The normalized spacial score (nSPS) is 19.3. The molecular weight excluding hydrogens is 909 g/mol. The average Bonchev–Trinajstić information content (AvgIpc) is 3.34. The lowest BCUT2D eigenvalue weighted by molar-refractivity contribution is -0.301. The van der Waals surface area contributed by atoms with Gasteiger partial charge in [0, 0.05) is 13.0 Å². The van der Waals surface area contributed by atoms with Gasteiger partial charge in [0.1, 0.15) is 30.5 Å². The molecule has 0 amide bonds. The van der Waals surface area contributed by atoms with Crippen LogP contribution in [0.5, 0.6) is 0 Å². The van der Waals surface area contributed by atoms with E-state index in [1.54, 1.807) is 0 Å². The van der Waals surface area contributed by atoms with Gasteiger partial charge in [-0.3, -0.25) is 9.35 Å². The second-order valence-corrected chi connectivity index (χ2v) is 20.9. The van der Waals surface area contributed by atoms with E-state index in [1.807, 2.05) is 0 Å². The molecule has 0 aromatic rings. The van der Waals surface area contributed by atoms with E-state index in [0.29, 0.717) is 13.0 Å². The van der Waals surface area contributed by atoms with Gasteiger partial charge in [-0.25, -0.2) is 4.18 Å². The van der Waals surface area contributed by atoms with Gasteiger partial charge in [-0.1, -0.05) is 217 Å². The van der Waals surface area contributed by atoms with Gasteiger partial charge in [-0.2, -0.15) is 8.42 Å². The topological polar surface area (TPSA) is 178 Å². The van der Waals surface area contributed by atoms with Crippen LogP contribution < -0.4 is 0 Å². The zero-order chi connectivity index (χ0) is 51.0. The van der Waals surface area contributed by atoms with Crippen LogP contribution in [0.25, 0.3) is 0 Å². The van der Waals surface area contributed by atoms with Crippen LogP contribution >= 0.6 is 0 Å². The maximum Gasteiger partial charge on any atom is 0.397 e. The monoisotopic (exact) mass is 1010 g/mol. The average molecular weight is 1020 g/mol. The highest BCUT2D eigenvalue weighted by Crippen LogP contribution is 2.26. The van der Waals surface area contributed by atoms with Crippen molar-refractivity contribution in [1.82, 2.24) is 0 Å². The molecule has 0 aromatic heterocycles. The summed E-state index contributed by atoms with van der Waals surface area (Å²) in [5.41, 5.74) is 0. The molecule has 12 nitrogen and oxygen atoms in total. The highest BCUT2D eigenvalue weighted by Gasteiger charge is 2.48. The predicted molar refractivity (Wildman–Crippen MR) is 285 cm³/mol. The number of carbonyl (C=O) groups is 1. The highest BCUT2D eigenvalue weighted by atomic mass is 32.3. The number of carbonyl (C=O) groups excluding carboxylic acids is 1. The number of unbranched alkanes of at least 4 members (excludes halogenated alkanes) is 32. The Morgan fingerprint density at radius 2 is 0.943 bits per heavy atom. The highest BCUT2D eigenvalue weighted by molar-refractivity contribution is 7.80. The number of hydrogen-bond donors (Lipinski definition) is 4. The lowest BCUT2D eigenvalue weighted by atomic mass is 9.99. The second kappa shape index (κ2) is 48.3. The van der Waals surface area contributed by atoms with Crippen LogP contribution in [-0.2, 0) is 38.3 Å². The zero-order valence-corrected chi connectivity index (χ0v) is 45.4. The number of ether oxygens (including phenoxy) is 4. The molecule has 1 aliphatic heterocycles. The van der Waals surface area contributed by atoms with Crippen molar-refractivity contribution in [2.24, 2.45) is 0 Å². The number of aliphatic hydroxyl groups is 3. The number of esters is 1. The van der Waals surface area contributed by atoms with Gasteiger partial charge in [0.05, 0.1) is 19.8 Å². The smallest absolute Gasteiger partial charge is 0.397 e. The number of hydrogen-bond acceptors (Lipinski definition) is 11. The fraction of sp³-hybridized carbons (Fsp3) is 0.877. The third kappa shape index (κ3) is 40.8. The molecule has 4 N–H and O–H groups in total. The Morgan fingerprint density at radius 1 is 0.543 bits per heavy atom. The van der Waals surface area contributed by atoms with Crippen LogP contribution in [0.3, 0.4) is 0 Å². The number of allylic oxidation sites excluding steroid dienone is 6. The van der Waals surface area contributed by atoms with E-state index in [2.05, 4.69) is 54.5 Å². The summed E-state index contributed by atoms with van der Waals surface area (Å²) in [5, 5.41) is 30.8. The molecule has 0 bridgehead atoms. The molecule has 70 heavy (non-hydrogen) atoms. The van der Waals surface area contributed by atoms with Crippen molar-refractivity contribution in [3.05, 3.63) is 36.5 Å². The minimum absolute atomic E-state index is 0.0363. The summed E-state index contributed by atoms with van der Waals surface area (Å²) >= 11 is 0. The van der Waals surface area contributed by atoms with E-state index in [1.165, 1.54) is 180 Å². The molecule has 412 valence electrons. The van der Waals surface area contributed by atoms with Gasteiger partial charge < -0.3 is 34.3 Å². The first-order valence-electron chi connectivity index (χ1n) is 28.7. The van der Waals surface area contributed by atoms with Crippen molar-refractivity contribution >= 4 is 16.4 Å². The van der Waals surface area contributed by atoms with Crippen LogP contribution in [0.1, 0.15) is 258 Å². The lowest BCUT2D eigenvalue weighted by Gasteiger charge is -2.41. The van der Waals surface area contributed by atoms with E-state index >= 15 is 0 Å². The van der Waals surface area contributed by atoms with Gasteiger partial charge in [0.2, 0.25) is 0 Å². The summed E-state index contributed by atoms with van der Waals surface area (Å²) in [4.78, 5) is 12.9. The third-order valence-corrected chi connectivity index (χ3v) is 13.7. The van der Waals surface area contributed by atoms with Crippen molar-refractivity contribution in [1.29, 1.82) is 0 Å². The van der Waals surface area contributed by atoms with Crippen molar-refractivity contribution in [2.75, 3.05) is 26.4 Å². The summed E-state index contributed by atoms with van der Waals surface area (Å²) in [6.45, 7) is 4.01. The number of rotatable bonds is 51. The van der Waals surface area contributed by atoms with Crippen LogP contribution in [0.15, 0.2) is 36.5 Å². The first-order valence-corrected chi connectivity index (χ1v) is 30.1.